The summed E-state index contributed by atoms with van der Waals surface area (Å²) in [5, 5.41) is 10.2. The summed E-state index contributed by atoms with van der Waals surface area (Å²) in [6.07, 6.45) is 1.75. The maximum atomic E-state index is 11.9. The van der Waals surface area contributed by atoms with Crippen molar-refractivity contribution < 1.29 is 14.6 Å². The highest BCUT2D eigenvalue weighted by molar-refractivity contribution is 5.80. The van der Waals surface area contributed by atoms with Crippen molar-refractivity contribution in [2.75, 3.05) is 0 Å². The number of esters is 1. The molecule has 0 amide bonds. The number of rotatable bonds is 4. The average molecular weight is 234 g/mol. The Labute approximate surface area is 101 Å². The van der Waals surface area contributed by atoms with Gasteiger partial charge in [0.1, 0.15) is 6.61 Å². The first-order valence-electron chi connectivity index (χ1n) is 5.89. The fourth-order valence-electron chi connectivity index (χ4n) is 1.78. The minimum atomic E-state index is -1.37. The van der Waals surface area contributed by atoms with Crippen molar-refractivity contribution >= 4 is 5.97 Å². The molecule has 0 radical (unpaired) electrons. The average Bonchev–Trinajstić information content (AvgIpc) is 3.07. The Hall–Kier alpha value is -1.35. The summed E-state index contributed by atoms with van der Waals surface area (Å²) >= 11 is 0. The number of aliphatic hydroxyl groups is 1. The van der Waals surface area contributed by atoms with Gasteiger partial charge in [0.25, 0.3) is 0 Å². The van der Waals surface area contributed by atoms with Crippen LogP contribution in [-0.4, -0.2) is 16.7 Å². The largest absolute Gasteiger partial charge is 0.459 e. The first-order chi connectivity index (χ1) is 7.96. The van der Waals surface area contributed by atoms with Crippen molar-refractivity contribution in [3.05, 3.63) is 35.9 Å². The molecule has 1 aliphatic rings. The molecule has 92 valence electrons. The van der Waals surface area contributed by atoms with E-state index in [9.17, 15) is 9.90 Å². The van der Waals surface area contributed by atoms with Gasteiger partial charge in [0, 0.05) is 5.41 Å². The van der Waals surface area contributed by atoms with Crippen molar-refractivity contribution in [2.45, 2.75) is 38.9 Å². The molecule has 1 fully saturated rings. The summed E-state index contributed by atoms with van der Waals surface area (Å²) in [5.74, 6) is -0.527. The Morgan fingerprint density at radius 3 is 2.53 bits per heavy atom. The molecule has 0 saturated heterocycles. The summed E-state index contributed by atoms with van der Waals surface area (Å²) in [6, 6.07) is 9.47. The Morgan fingerprint density at radius 2 is 2.00 bits per heavy atom. The van der Waals surface area contributed by atoms with Gasteiger partial charge in [0.05, 0.1) is 0 Å². The summed E-state index contributed by atoms with van der Waals surface area (Å²) in [4.78, 5) is 11.9. The summed E-state index contributed by atoms with van der Waals surface area (Å²) in [7, 11) is 0. The van der Waals surface area contributed by atoms with E-state index >= 15 is 0 Å². The van der Waals surface area contributed by atoms with Crippen LogP contribution in [-0.2, 0) is 16.1 Å². The number of carbonyl (C=O) groups excluding carboxylic acids is 1. The number of benzene rings is 1. The van der Waals surface area contributed by atoms with Gasteiger partial charge in [-0.3, -0.25) is 0 Å². The van der Waals surface area contributed by atoms with E-state index in [0.717, 1.165) is 18.4 Å². The van der Waals surface area contributed by atoms with Crippen molar-refractivity contribution in [1.82, 2.24) is 0 Å². The van der Waals surface area contributed by atoms with Crippen LogP contribution in [0.3, 0.4) is 0 Å². The summed E-state index contributed by atoms with van der Waals surface area (Å²) in [5.41, 5.74) is -0.750. The van der Waals surface area contributed by atoms with Crippen LogP contribution in [0.5, 0.6) is 0 Å². The molecule has 1 aromatic carbocycles. The van der Waals surface area contributed by atoms with Gasteiger partial charge < -0.3 is 9.84 Å². The molecular formula is C14H18O3. The van der Waals surface area contributed by atoms with Crippen molar-refractivity contribution in [3.8, 4) is 0 Å². The first-order valence-corrected chi connectivity index (χ1v) is 5.89. The molecule has 0 spiro atoms. The molecule has 1 atom stereocenters. The second-order valence-corrected chi connectivity index (χ2v) is 5.19. The Morgan fingerprint density at radius 1 is 1.41 bits per heavy atom. The van der Waals surface area contributed by atoms with Gasteiger partial charge in [-0.05, 0) is 25.3 Å². The van der Waals surface area contributed by atoms with E-state index in [-0.39, 0.29) is 12.0 Å². The quantitative estimate of drug-likeness (QED) is 0.813. The molecule has 1 N–H and O–H groups in total. The van der Waals surface area contributed by atoms with Gasteiger partial charge >= 0.3 is 5.97 Å². The molecular weight excluding hydrogens is 216 g/mol. The van der Waals surface area contributed by atoms with Gasteiger partial charge in [0.2, 0.25) is 0 Å². The Balaban J connectivity index is 1.94. The van der Waals surface area contributed by atoms with Gasteiger partial charge in [0.15, 0.2) is 5.60 Å². The van der Waals surface area contributed by atoms with Crippen molar-refractivity contribution in [1.29, 1.82) is 0 Å². The molecule has 1 saturated carbocycles. The maximum Gasteiger partial charge on any atom is 0.338 e. The SMILES string of the molecule is CC1(C(C)(O)C(=O)OCc2ccccc2)CC1. The van der Waals surface area contributed by atoms with Crippen LogP contribution in [0.2, 0.25) is 0 Å². The van der Waals surface area contributed by atoms with E-state index in [0.29, 0.717) is 0 Å². The molecule has 0 bridgehead atoms. The Bertz CT molecular complexity index is 405. The fraction of sp³-hybridized carbons (Fsp3) is 0.500. The number of hydrogen-bond donors (Lipinski definition) is 1. The third kappa shape index (κ3) is 2.34. The third-order valence-corrected chi connectivity index (χ3v) is 3.79. The zero-order valence-corrected chi connectivity index (χ0v) is 10.3. The highest BCUT2D eigenvalue weighted by Crippen LogP contribution is 2.53. The fourth-order valence-corrected chi connectivity index (χ4v) is 1.78. The molecule has 1 unspecified atom stereocenters. The number of ether oxygens (including phenoxy) is 1. The summed E-state index contributed by atoms with van der Waals surface area (Å²) in [6.45, 7) is 3.68. The van der Waals surface area contributed by atoms with Gasteiger partial charge in [-0.1, -0.05) is 37.3 Å². The van der Waals surface area contributed by atoms with Crippen LogP contribution in [0.25, 0.3) is 0 Å². The van der Waals surface area contributed by atoms with Crippen molar-refractivity contribution in [2.24, 2.45) is 5.41 Å². The van der Waals surface area contributed by atoms with E-state index in [1.807, 2.05) is 37.3 Å². The monoisotopic (exact) mass is 234 g/mol. The highest BCUT2D eigenvalue weighted by atomic mass is 16.5. The van der Waals surface area contributed by atoms with Crippen LogP contribution in [0, 0.1) is 5.41 Å². The van der Waals surface area contributed by atoms with Crippen LogP contribution in [0.1, 0.15) is 32.3 Å². The molecule has 1 aromatic rings. The normalized spacial score (nSPS) is 20.4. The molecule has 3 nitrogen and oxygen atoms in total. The standard InChI is InChI=1S/C14H18O3/c1-13(8-9-13)14(2,16)12(15)17-10-11-6-4-3-5-7-11/h3-7,16H,8-10H2,1-2H3. The molecule has 0 aliphatic heterocycles. The van der Waals surface area contributed by atoms with Crippen LogP contribution in [0.4, 0.5) is 0 Å². The van der Waals surface area contributed by atoms with Gasteiger partial charge in [-0.25, -0.2) is 4.79 Å². The summed E-state index contributed by atoms with van der Waals surface area (Å²) < 4.78 is 5.17. The number of hydrogen-bond acceptors (Lipinski definition) is 3. The van der Waals surface area contributed by atoms with E-state index in [2.05, 4.69) is 0 Å². The minimum absolute atomic E-state index is 0.214. The van der Waals surface area contributed by atoms with Gasteiger partial charge in [-0.15, -0.1) is 0 Å². The number of carbonyl (C=O) groups is 1. The van der Waals surface area contributed by atoms with Gasteiger partial charge in [-0.2, -0.15) is 0 Å². The minimum Gasteiger partial charge on any atom is -0.459 e. The van der Waals surface area contributed by atoms with E-state index in [4.69, 9.17) is 4.74 Å². The van der Waals surface area contributed by atoms with Crippen molar-refractivity contribution in [3.63, 3.8) is 0 Å². The van der Waals surface area contributed by atoms with Crippen LogP contribution in [0.15, 0.2) is 30.3 Å². The Kier molecular flexibility index (Phi) is 2.96. The zero-order valence-electron chi connectivity index (χ0n) is 10.3. The topological polar surface area (TPSA) is 46.5 Å². The van der Waals surface area contributed by atoms with E-state index in [1.165, 1.54) is 0 Å². The second-order valence-electron chi connectivity index (χ2n) is 5.19. The predicted molar refractivity (Wildman–Crippen MR) is 64.2 cm³/mol. The smallest absolute Gasteiger partial charge is 0.338 e. The maximum absolute atomic E-state index is 11.9. The predicted octanol–water partition coefficient (Wildman–Crippen LogP) is 2.28. The lowest BCUT2D eigenvalue weighted by molar-refractivity contribution is -0.172. The van der Waals surface area contributed by atoms with E-state index < -0.39 is 11.6 Å². The molecule has 2 rings (SSSR count). The third-order valence-electron chi connectivity index (χ3n) is 3.79. The molecule has 3 heteroatoms. The second kappa shape index (κ2) is 4.15. The molecule has 1 aliphatic carbocycles. The first kappa shape index (κ1) is 12.1. The lowest BCUT2D eigenvalue weighted by atomic mass is 9.88. The molecule has 0 aromatic heterocycles. The lowest BCUT2D eigenvalue weighted by Gasteiger charge is -2.27. The molecule has 0 heterocycles. The highest BCUT2D eigenvalue weighted by Gasteiger charge is 2.57. The van der Waals surface area contributed by atoms with E-state index in [1.54, 1.807) is 6.92 Å². The lowest BCUT2D eigenvalue weighted by Crippen LogP contribution is -2.44. The van der Waals surface area contributed by atoms with Crippen LogP contribution >= 0.6 is 0 Å². The van der Waals surface area contributed by atoms with Crippen LogP contribution < -0.4 is 0 Å². The zero-order chi connectivity index (χ0) is 12.5. The molecule has 17 heavy (non-hydrogen) atoms.